The Bertz CT molecular complexity index is 927. The van der Waals surface area contributed by atoms with Gasteiger partial charge in [-0.05, 0) is 56.2 Å². The van der Waals surface area contributed by atoms with Crippen LogP contribution in [0.4, 0.5) is 11.5 Å². The molecule has 9 heteroatoms. The number of nitro groups is 1. The maximum absolute atomic E-state index is 11.9. The summed E-state index contributed by atoms with van der Waals surface area (Å²) in [6.07, 6.45) is 6.39. The Balaban J connectivity index is 1.67. The highest BCUT2D eigenvalue weighted by molar-refractivity contribution is 5.75. The second-order valence-electron chi connectivity index (χ2n) is 8.42. The molecule has 0 N–H and O–H groups in total. The second-order valence-corrected chi connectivity index (χ2v) is 8.42. The largest absolute Gasteiger partial charge is 0.434 e. The molecule has 3 rings (SSSR count). The van der Waals surface area contributed by atoms with Gasteiger partial charge in [-0.1, -0.05) is 25.5 Å². The van der Waals surface area contributed by atoms with Crippen LogP contribution in [0.5, 0.6) is 11.6 Å². The van der Waals surface area contributed by atoms with E-state index in [0.717, 1.165) is 44.5 Å². The van der Waals surface area contributed by atoms with E-state index in [1.165, 1.54) is 6.33 Å². The molecule has 2 heterocycles. The average Bonchev–Trinajstić information content (AvgIpc) is 2.81. The van der Waals surface area contributed by atoms with E-state index in [-0.39, 0.29) is 23.2 Å². The number of rotatable bonds is 12. The molecular formula is C24H32N4O5. The molecule has 1 saturated heterocycles. The Hall–Kier alpha value is -3.07. The van der Waals surface area contributed by atoms with Crippen molar-refractivity contribution < 1.29 is 19.2 Å². The van der Waals surface area contributed by atoms with Gasteiger partial charge in [0.2, 0.25) is 5.82 Å². The van der Waals surface area contributed by atoms with Gasteiger partial charge in [-0.3, -0.25) is 10.1 Å². The molecule has 1 aliphatic rings. The van der Waals surface area contributed by atoms with Crippen LogP contribution in [0.25, 0.3) is 0 Å². The fraction of sp³-hybridized carbons (Fsp3) is 0.542. The van der Waals surface area contributed by atoms with Crippen molar-refractivity contribution in [1.82, 2.24) is 9.97 Å². The summed E-state index contributed by atoms with van der Waals surface area (Å²) in [7, 11) is 0. The van der Waals surface area contributed by atoms with E-state index in [9.17, 15) is 14.9 Å². The number of piperidine rings is 1. The molecule has 0 atom stereocenters. The number of carbonyl (C=O) groups excluding carboxylic acids is 1. The molecule has 1 aromatic heterocycles. The van der Waals surface area contributed by atoms with Crippen molar-refractivity contribution in [3.8, 4) is 11.6 Å². The first-order chi connectivity index (χ1) is 16.0. The van der Waals surface area contributed by atoms with Crippen molar-refractivity contribution in [3.63, 3.8) is 0 Å². The number of nitrogens with zero attached hydrogens (tertiary/aromatic N) is 4. The fourth-order valence-electron chi connectivity index (χ4n) is 3.78. The third-order valence-corrected chi connectivity index (χ3v) is 5.77. The number of aryl methyl sites for hydroxylation is 1. The van der Waals surface area contributed by atoms with E-state index in [1.807, 2.05) is 17.0 Å². The zero-order valence-electron chi connectivity index (χ0n) is 19.4. The molecule has 0 spiro atoms. The first-order valence-corrected chi connectivity index (χ1v) is 11.6. The predicted octanol–water partition coefficient (Wildman–Crippen LogP) is 4.73. The van der Waals surface area contributed by atoms with Gasteiger partial charge in [0, 0.05) is 32.7 Å². The molecule has 2 aromatic rings. The van der Waals surface area contributed by atoms with E-state index < -0.39 is 4.92 Å². The van der Waals surface area contributed by atoms with Crippen LogP contribution in [0, 0.1) is 16.0 Å². The molecule has 0 amide bonds. The zero-order chi connectivity index (χ0) is 23.6. The fourth-order valence-corrected chi connectivity index (χ4v) is 3.78. The van der Waals surface area contributed by atoms with Crippen LogP contribution in [0.3, 0.4) is 0 Å². The zero-order valence-corrected chi connectivity index (χ0v) is 19.4. The summed E-state index contributed by atoms with van der Waals surface area (Å²) in [4.78, 5) is 32.8. The lowest BCUT2D eigenvalue weighted by atomic mass is 9.98. The lowest BCUT2D eigenvalue weighted by molar-refractivity contribution is -0.385. The second kappa shape index (κ2) is 12.2. The molecule has 0 unspecified atom stereocenters. The molecule has 9 nitrogen and oxygen atoms in total. The van der Waals surface area contributed by atoms with Crippen LogP contribution in [-0.4, -0.2) is 47.0 Å². The van der Waals surface area contributed by atoms with E-state index >= 15 is 0 Å². The van der Waals surface area contributed by atoms with Crippen LogP contribution < -0.4 is 9.64 Å². The SMILES string of the molecule is CCCCOCC1CCN(c2ncnc(Oc3ccc(CCC(C)=O)cc3)c2[N+](=O)[O-])CC1. The molecule has 1 aromatic carbocycles. The van der Waals surface area contributed by atoms with E-state index in [1.54, 1.807) is 19.1 Å². The minimum absolute atomic E-state index is 0.0773. The highest BCUT2D eigenvalue weighted by atomic mass is 16.6. The summed E-state index contributed by atoms with van der Waals surface area (Å²) in [5, 5.41) is 11.9. The van der Waals surface area contributed by atoms with Gasteiger partial charge in [-0.15, -0.1) is 0 Å². The van der Waals surface area contributed by atoms with Crippen molar-refractivity contribution >= 4 is 17.3 Å². The average molecular weight is 457 g/mol. The van der Waals surface area contributed by atoms with Crippen molar-refractivity contribution in [3.05, 3.63) is 46.3 Å². The third kappa shape index (κ3) is 7.21. The minimum atomic E-state index is -0.480. The molecule has 0 saturated carbocycles. The number of anilines is 1. The first kappa shape index (κ1) is 24.6. The summed E-state index contributed by atoms with van der Waals surface area (Å²) in [6.45, 7) is 6.56. The molecule has 0 bridgehead atoms. The maximum atomic E-state index is 11.9. The van der Waals surface area contributed by atoms with Gasteiger partial charge in [0.05, 0.1) is 4.92 Å². The van der Waals surface area contributed by atoms with Crippen molar-refractivity contribution in [1.29, 1.82) is 0 Å². The van der Waals surface area contributed by atoms with E-state index in [0.29, 0.717) is 37.6 Å². The summed E-state index contributed by atoms with van der Waals surface area (Å²) >= 11 is 0. The highest BCUT2D eigenvalue weighted by Crippen LogP contribution is 2.37. The van der Waals surface area contributed by atoms with E-state index in [4.69, 9.17) is 9.47 Å². The van der Waals surface area contributed by atoms with Crippen LogP contribution in [0.1, 0.15) is 51.5 Å². The number of benzene rings is 1. The maximum Gasteiger partial charge on any atom is 0.373 e. The lowest BCUT2D eigenvalue weighted by Gasteiger charge is -2.32. The van der Waals surface area contributed by atoms with Crippen molar-refractivity contribution in [2.75, 3.05) is 31.2 Å². The van der Waals surface area contributed by atoms with Gasteiger partial charge in [0.15, 0.2) is 0 Å². The van der Waals surface area contributed by atoms with Gasteiger partial charge in [0.25, 0.3) is 0 Å². The van der Waals surface area contributed by atoms with Crippen LogP contribution in [-0.2, 0) is 16.0 Å². The van der Waals surface area contributed by atoms with Gasteiger partial charge >= 0.3 is 11.6 Å². The molecule has 1 aliphatic heterocycles. The normalized spacial score (nSPS) is 14.3. The smallest absolute Gasteiger partial charge is 0.373 e. The van der Waals surface area contributed by atoms with E-state index in [2.05, 4.69) is 16.9 Å². The number of unbranched alkanes of at least 4 members (excludes halogenated alkanes) is 1. The number of aromatic nitrogens is 2. The highest BCUT2D eigenvalue weighted by Gasteiger charge is 2.31. The number of Topliss-reactive ketones (excluding diaryl/α,β-unsaturated/α-hetero) is 1. The minimum Gasteiger partial charge on any atom is -0.434 e. The predicted molar refractivity (Wildman–Crippen MR) is 125 cm³/mol. The van der Waals surface area contributed by atoms with Crippen LogP contribution in [0.15, 0.2) is 30.6 Å². The van der Waals surface area contributed by atoms with Crippen molar-refractivity contribution in [2.24, 2.45) is 5.92 Å². The standard InChI is InChI=1S/C24H32N4O5/c1-3-4-15-32-16-20-11-13-27(14-12-20)23-22(28(30)31)24(26-17-25-23)33-21-9-7-19(8-10-21)6-5-18(2)29/h7-10,17,20H,3-6,11-16H2,1-2H3. The van der Waals surface area contributed by atoms with Gasteiger partial charge in [0.1, 0.15) is 17.9 Å². The third-order valence-electron chi connectivity index (χ3n) is 5.77. The lowest BCUT2D eigenvalue weighted by Crippen LogP contribution is -2.36. The Morgan fingerprint density at radius 2 is 1.94 bits per heavy atom. The Kier molecular flexibility index (Phi) is 9.12. The molecule has 0 radical (unpaired) electrons. The number of ketones is 1. The summed E-state index contributed by atoms with van der Waals surface area (Å²) < 4.78 is 11.5. The molecule has 33 heavy (non-hydrogen) atoms. The number of ether oxygens (including phenoxy) is 2. The molecular weight excluding hydrogens is 424 g/mol. The Morgan fingerprint density at radius 1 is 1.21 bits per heavy atom. The Labute approximate surface area is 194 Å². The van der Waals surface area contributed by atoms with Gasteiger partial charge < -0.3 is 19.2 Å². The molecule has 1 fully saturated rings. The molecule has 178 valence electrons. The monoisotopic (exact) mass is 456 g/mol. The molecule has 0 aliphatic carbocycles. The number of hydrogen-bond acceptors (Lipinski definition) is 8. The Morgan fingerprint density at radius 3 is 2.58 bits per heavy atom. The van der Waals surface area contributed by atoms with Gasteiger partial charge in [-0.2, -0.15) is 4.98 Å². The number of carbonyl (C=O) groups is 1. The summed E-state index contributed by atoms with van der Waals surface area (Å²) in [6, 6.07) is 7.15. The van der Waals surface area contributed by atoms with Crippen LogP contribution in [0.2, 0.25) is 0 Å². The first-order valence-electron chi connectivity index (χ1n) is 11.6. The van der Waals surface area contributed by atoms with Crippen molar-refractivity contribution in [2.45, 2.75) is 52.4 Å². The number of hydrogen-bond donors (Lipinski definition) is 0. The topological polar surface area (TPSA) is 108 Å². The summed E-state index contributed by atoms with van der Waals surface area (Å²) in [5.41, 5.74) is 0.771. The summed E-state index contributed by atoms with van der Waals surface area (Å²) in [5.74, 6) is 1.24. The van der Waals surface area contributed by atoms with Crippen LogP contribution >= 0.6 is 0 Å². The van der Waals surface area contributed by atoms with Gasteiger partial charge in [-0.25, -0.2) is 4.98 Å². The quantitative estimate of drug-likeness (QED) is 0.256.